The average Bonchev–Trinajstić information content (AvgIpc) is 3.20. The number of sulfonamides is 1. The van der Waals surface area contributed by atoms with E-state index in [0.29, 0.717) is 38.1 Å². The summed E-state index contributed by atoms with van der Waals surface area (Å²) in [6.07, 6.45) is 9.35. The lowest BCUT2D eigenvalue weighted by molar-refractivity contribution is -0.101. The van der Waals surface area contributed by atoms with Crippen molar-refractivity contribution >= 4 is 16.1 Å². The van der Waals surface area contributed by atoms with Gasteiger partial charge in [-0.15, -0.1) is 0 Å². The van der Waals surface area contributed by atoms with Gasteiger partial charge in [0.1, 0.15) is 11.2 Å². The summed E-state index contributed by atoms with van der Waals surface area (Å²) in [5.74, 6) is 1.57. The molecule has 3 saturated heterocycles. The molecule has 5 fully saturated rings. The van der Waals surface area contributed by atoms with Gasteiger partial charge in [-0.05, 0) is 25.7 Å². The molecule has 0 atom stereocenters. The largest absolute Gasteiger partial charge is 0.323 e. The highest BCUT2D eigenvalue weighted by atomic mass is 32.2. The maximum absolute atomic E-state index is 12.9. The molecule has 0 unspecified atom stereocenters. The van der Waals surface area contributed by atoms with Crippen LogP contribution in [0.4, 0.5) is 4.79 Å². The number of carbonyl (C=O) groups is 1. The van der Waals surface area contributed by atoms with Crippen LogP contribution in [-0.2, 0) is 17.1 Å². The molecule has 5 heterocycles. The summed E-state index contributed by atoms with van der Waals surface area (Å²) in [6.45, 7) is 3.86. The first-order valence-electron chi connectivity index (χ1n) is 11.7. The van der Waals surface area contributed by atoms with Crippen molar-refractivity contribution in [2.75, 3.05) is 39.3 Å². The predicted molar refractivity (Wildman–Crippen MR) is 116 cm³/mol. The Kier molecular flexibility index (Phi) is 3.84. The van der Waals surface area contributed by atoms with E-state index in [1.54, 1.807) is 7.05 Å². The summed E-state index contributed by atoms with van der Waals surface area (Å²) in [4.78, 5) is 21.4. The first kappa shape index (κ1) is 20.0. The van der Waals surface area contributed by atoms with E-state index in [1.165, 1.54) is 34.2 Å². The molecule has 2 aromatic heterocycles. The Morgan fingerprint density at radius 2 is 1.70 bits per heavy atom. The average molecular weight is 473 g/mol. The standard InChI is InChI=1S/C21H28N8O3S/c1-25-7-17(6-23-25)33(31,32)28-12-21(13-28)10-27(11-21)19(30)26-8-20(9-26)4-16(5-20)29-14-22-18(24-29)15-2-3-15/h6-7,14-16H,2-5,8-13H2,1H3. The molecule has 3 aliphatic heterocycles. The summed E-state index contributed by atoms with van der Waals surface area (Å²) in [6, 6.07) is 0.511. The summed E-state index contributed by atoms with van der Waals surface area (Å²) >= 11 is 0. The van der Waals surface area contributed by atoms with Crippen LogP contribution in [0.3, 0.4) is 0 Å². The van der Waals surface area contributed by atoms with E-state index in [0.717, 1.165) is 31.8 Å². The highest BCUT2D eigenvalue weighted by Crippen LogP contribution is 2.54. The van der Waals surface area contributed by atoms with Crippen molar-refractivity contribution in [2.24, 2.45) is 17.9 Å². The molecular formula is C21H28N8O3S. The van der Waals surface area contributed by atoms with Crippen molar-refractivity contribution < 1.29 is 13.2 Å². The number of aryl methyl sites for hydroxylation is 1. The fraction of sp³-hybridized carbons (Fsp3) is 0.714. The van der Waals surface area contributed by atoms with E-state index in [-0.39, 0.29) is 21.8 Å². The number of amides is 2. The third-order valence-corrected chi connectivity index (χ3v) is 9.91. The first-order valence-corrected chi connectivity index (χ1v) is 13.1. The second-order valence-electron chi connectivity index (χ2n) is 11.0. The van der Waals surface area contributed by atoms with Gasteiger partial charge in [-0.25, -0.2) is 22.9 Å². The topological polar surface area (TPSA) is 109 Å². The number of likely N-dealkylation sites (tertiary alicyclic amines) is 2. The molecule has 12 heteroatoms. The van der Waals surface area contributed by atoms with Gasteiger partial charge in [-0.3, -0.25) is 4.68 Å². The molecule has 2 aliphatic carbocycles. The van der Waals surface area contributed by atoms with Crippen molar-refractivity contribution in [2.45, 2.75) is 42.5 Å². The monoisotopic (exact) mass is 472 g/mol. The Morgan fingerprint density at radius 1 is 1.03 bits per heavy atom. The van der Waals surface area contributed by atoms with Crippen LogP contribution in [0.25, 0.3) is 0 Å². The highest BCUT2D eigenvalue weighted by Gasteiger charge is 2.60. The fourth-order valence-corrected chi connectivity index (χ4v) is 7.78. The number of hydrogen-bond donors (Lipinski definition) is 0. The SMILES string of the molecule is Cn1cc(S(=O)(=O)N2CC3(CN(C(=O)N4CC5(CC(n6cnc(C7CC7)n6)C5)C4)C3)C2)cn1. The molecule has 0 N–H and O–H groups in total. The van der Waals surface area contributed by atoms with E-state index in [4.69, 9.17) is 0 Å². The molecule has 5 aliphatic rings. The van der Waals surface area contributed by atoms with Crippen LogP contribution >= 0.6 is 0 Å². The number of urea groups is 1. The second kappa shape index (κ2) is 6.35. The predicted octanol–water partition coefficient (Wildman–Crippen LogP) is 0.652. The van der Waals surface area contributed by atoms with Gasteiger partial charge in [0.05, 0.1) is 12.2 Å². The maximum atomic E-state index is 12.9. The Morgan fingerprint density at radius 3 is 2.30 bits per heavy atom. The molecule has 0 bridgehead atoms. The normalized spacial score (nSPS) is 26.1. The highest BCUT2D eigenvalue weighted by molar-refractivity contribution is 7.89. The van der Waals surface area contributed by atoms with Gasteiger partial charge < -0.3 is 9.80 Å². The van der Waals surface area contributed by atoms with Gasteiger partial charge >= 0.3 is 6.03 Å². The molecule has 0 radical (unpaired) electrons. The van der Waals surface area contributed by atoms with Crippen molar-refractivity contribution in [3.63, 3.8) is 0 Å². The second-order valence-corrected chi connectivity index (χ2v) is 13.0. The third-order valence-electron chi connectivity index (χ3n) is 8.17. The van der Waals surface area contributed by atoms with Crippen LogP contribution in [0.5, 0.6) is 0 Å². The third kappa shape index (κ3) is 2.99. The lowest BCUT2D eigenvalue weighted by Gasteiger charge is -2.63. The molecule has 2 saturated carbocycles. The van der Waals surface area contributed by atoms with Crippen LogP contribution in [0, 0.1) is 10.8 Å². The summed E-state index contributed by atoms with van der Waals surface area (Å²) < 4.78 is 30.4. The summed E-state index contributed by atoms with van der Waals surface area (Å²) in [5.41, 5.74) is 0.168. The molecule has 2 aromatic rings. The van der Waals surface area contributed by atoms with E-state index in [2.05, 4.69) is 15.2 Å². The lowest BCUT2D eigenvalue weighted by atomic mass is 9.60. The van der Waals surface area contributed by atoms with Crippen molar-refractivity contribution in [3.8, 4) is 0 Å². The van der Waals surface area contributed by atoms with Crippen LogP contribution in [0.2, 0.25) is 0 Å². The van der Waals surface area contributed by atoms with Crippen LogP contribution < -0.4 is 0 Å². The lowest BCUT2D eigenvalue weighted by Crippen LogP contribution is -2.76. The molecular weight excluding hydrogens is 444 g/mol. The molecule has 0 aromatic carbocycles. The molecule has 33 heavy (non-hydrogen) atoms. The van der Waals surface area contributed by atoms with Gasteiger partial charge in [0, 0.05) is 69.3 Å². The van der Waals surface area contributed by atoms with E-state index < -0.39 is 10.0 Å². The first-order chi connectivity index (χ1) is 15.7. The molecule has 7 rings (SSSR count). The minimum atomic E-state index is -3.49. The van der Waals surface area contributed by atoms with Gasteiger partial charge in [0.2, 0.25) is 10.0 Å². The Hall–Kier alpha value is -2.47. The zero-order chi connectivity index (χ0) is 22.6. The maximum Gasteiger partial charge on any atom is 0.320 e. The zero-order valence-electron chi connectivity index (χ0n) is 18.7. The van der Waals surface area contributed by atoms with Gasteiger partial charge in [0.15, 0.2) is 5.82 Å². The molecule has 11 nitrogen and oxygen atoms in total. The van der Waals surface area contributed by atoms with Gasteiger partial charge in [0.25, 0.3) is 0 Å². The van der Waals surface area contributed by atoms with E-state index >= 15 is 0 Å². The number of carbonyl (C=O) groups excluding carboxylic acids is 1. The Labute approximate surface area is 192 Å². The number of aromatic nitrogens is 5. The number of nitrogens with zero attached hydrogens (tertiary/aromatic N) is 8. The van der Waals surface area contributed by atoms with Crippen molar-refractivity contribution in [1.82, 2.24) is 38.6 Å². The molecule has 2 spiro atoms. The minimum Gasteiger partial charge on any atom is -0.323 e. The number of hydrogen-bond acceptors (Lipinski definition) is 6. The van der Waals surface area contributed by atoms with Gasteiger partial charge in [-0.2, -0.15) is 14.5 Å². The summed E-state index contributed by atoms with van der Waals surface area (Å²) in [5, 5.41) is 8.63. The van der Waals surface area contributed by atoms with Crippen molar-refractivity contribution in [1.29, 1.82) is 0 Å². The molecule has 2 amide bonds. The zero-order valence-corrected chi connectivity index (χ0v) is 19.5. The van der Waals surface area contributed by atoms with Crippen LogP contribution in [0.1, 0.15) is 43.5 Å². The smallest absolute Gasteiger partial charge is 0.320 e. The fourth-order valence-electron chi connectivity index (χ4n) is 6.13. The summed E-state index contributed by atoms with van der Waals surface area (Å²) in [7, 11) is -1.79. The Bertz CT molecular complexity index is 1220. The van der Waals surface area contributed by atoms with Crippen LogP contribution in [-0.4, -0.2) is 92.4 Å². The van der Waals surface area contributed by atoms with Crippen LogP contribution in [0.15, 0.2) is 23.6 Å². The Balaban J connectivity index is 0.884. The van der Waals surface area contributed by atoms with Gasteiger partial charge in [-0.1, -0.05) is 0 Å². The van der Waals surface area contributed by atoms with E-state index in [9.17, 15) is 13.2 Å². The quantitative estimate of drug-likeness (QED) is 0.646. The molecule has 176 valence electrons. The minimum absolute atomic E-state index is 0.0819. The van der Waals surface area contributed by atoms with Crippen molar-refractivity contribution in [3.05, 3.63) is 24.5 Å². The number of rotatable bonds is 4. The van der Waals surface area contributed by atoms with E-state index in [1.807, 2.05) is 20.8 Å².